The van der Waals surface area contributed by atoms with Crippen LogP contribution < -0.4 is 9.64 Å². The molecule has 0 N–H and O–H groups in total. The van der Waals surface area contributed by atoms with Crippen LogP contribution in [0.25, 0.3) is 0 Å². The van der Waals surface area contributed by atoms with Gasteiger partial charge in [0.25, 0.3) is 0 Å². The lowest BCUT2D eigenvalue weighted by atomic mass is 10.1. The molecule has 0 spiro atoms. The van der Waals surface area contributed by atoms with E-state index in [0.29, 0.717) is 11.3 Å². The van der Waals surface area contributed by atoms with E-state index in [1.807, 2.05) is 12.2 Å². The number of ether oxygens (including phenoxy) is 2. The van der Waals surface area contributed by atoms with Crippen molar-refractivity contribution in [3.05, 3.63) is 35.9 Å². The van der Waals surface area contributed by atoms with Gasteiger partial charge in [-0.3, -0.25) is 4.79 Å². The van der Waals surface area contributed by atoms with Crippen LogP contribution in [-0.2, 0) is 9.53 Å². The molecule has 5 heteroatoms. The van der Waals surface area contributed by atoms with Crippen LogP contribution in [0.2, 0.25) is 0 Å². The number of rotatable bonds is 3. The van der Waals surface area contributed by atoms with Crippen molar-refractivity contribution in [2.75, 3.05) is 19.1 Å². The Morgan fingerprint density at radius 3 is 2.70 bits per heavy atom. The summed E-state index contributed by atoms with van der Waals surface area (Å²) in [5.41, 5.74) is 1.10. The van der Waals surface area contributed by atoms with Crippen LogP contribution in [-0.4, -0.2) is 32.1 Å². The normalized spacial score (nSPS) is 23.3. The lowest BCUT2D eigenvalue weighted by Gasteiger charge is -2.25. The summed E-state index contributed by atoms with van der Waals surface area (Å²) in [7, 11) is 2.81. The molecule has 1 saturated heterocycles. The van der Waals surface area contributed by atoms with E-state index in [-0.39, 0.29) is 17.9 Å². The monoisotopic (exact) mass is 273 g/mol. The van der Waals surface area contributed by atoms with Gasteiger partial charge in [0, 0.05) is 11.8 Å². The van der Waals surface area contributed by atoms with Crippen molar-refractivity contribution < 1.29 is 19.1 Å². The van der Waals surface area contributed by atoms with E-state index in [0.717, 1.165) is 12.1 Å². The Hall–Kier alpha value is -2.30. The first-order valence-electron chi connectivity index (χ1n) is 6.43. The Morgan fingerprint density at radius 1 is 1.30 bits per heavy atom. The second kappa shape index (κ2) is 4.67. The van der Waals surface area contributed by atoms with Gasteiger partial charge < -0.3 is 14.4 Å². The number of carbonyl (C=O) groups excluding carboxylic acids is 2. The average molecular weight is 273 g/mol. The van der Waals surface area contributed by atoms with Crippen LogP contribution >= 0.6 is 0 Å². The number of anilines is 1. The van der Waals surface area contributed by atoms with Crippen molar-refractivity contribution in [2.45, 2.75) is 12.5 Å². The van der Waals surface area contributed by atoms with E-state index in [1.54, 1.807) is 23.1 Å². The first-order valence-corrected chi connectivity index (χ1v) is 6.43. The highest BCUT2D eigenvalue weighted by atomic mass is 16.5. The first-order chi connectivity index (χ1) is 9.65. The summed E-state index contributed by atoms with van der Waals surface area (Å²) in [6, 6.07) is 5.20. The topological polar surface area (TPSA) is 55.8 Å². The van der Waals surface area contributed by atoms with E-state index in [1.165, 1.54) is 14.2 Å². The van der Waals surface area contributed by atoms with Crippen LogP contribution in [0.3, 0.4) is 0 Å². The fourth-order valence-corrected chi connectivity index (χ4v) is 2.82. The summed E-state index contributed by atoms with van der Waals surface area (Å²) in [5, 5.41) is 0. The molecule has 1 aliphatic carbocycles. The molecular weight excluding hydrogens is 258 g/mol. The third kappa shape index (κ3) is 1.78. The summed E-state index contributed by atoms with van der Waals surface area (Å²) in [4.78, 5) is 25.6. The smallest absolute Gasteiger partial charge is 0.341 e. The Balaban J connectivity index is 1.98. The molecule has 0 saturated carbocycles. The minimum Gasteiger partial charge on any atom is -0.496 e. The highest BCUT2D eigenvalue weighted by Crippen LogP contribution is 2.38. The first kappa shape index (κ1) is 12.7. The van der Waals surface area contributed by atoms with Gasteiger partial charge in [-0.2, -0.15) is 0 Å². The second-order valence-corrected chi connectivity index (χ2v) is 4.88. The number of amides is 1. The molecule has 2 aliphatic rings. The van der Waals surface area contributed by atoms with Crippen molar-refractivity contribution in [1.29, 1.82) is 0 Å². The molecule has 0 radical (unpaired) electrons. The maximum Gasteiger partial charge on any atom is 0.341 e. The van der Waals surface area contributed by atoms with Gasteiger partial charge in [0.05, 0.1) is 26.2 Å². The maximum atomic E-state index is 12.2. The molecule has 1 aromatic carbocycles. The molecule has 1 amide bonds. The summed E-state index contributed by atoms with van der Waals surface area (Å²) >= 11 is 0. The summed E-state index contributed by atoms with van der Waals surface area (Å²) < 4.78 is 9.93. The SMILES string of the molecule is COC(=O)c1ccc(N2C(=O)C3C=C[C@H]2C3)cc1OC. The summed E-state index contributed by atoms with van der Waals surface area (Å²) in [6.07, 6.45) is 4.84. The summed E-state index contributed by atoms with van der Waals surface area (Å²) in [6.45, 7) is 0. The minimum atomic E-state index is -0.456. The van der Waals surface area contributed by atoms with Crippen molar-refractivity contribution in [3.8, 4) is 5.75 Å². The predicted molar refractivity (Wildman–Crippen MR) is 72.9 cm³/mol. The molecule has 3 rings (SSSR count). The van der Waals surface area contributed by atoms with Crippen molar-refractivity contribution in [1.82, 2.24) is 0 Å². The number of hydrogen-bond donors (Lipinski definition) is 0. The zero-order valence-corrected chi connectivity index (χ0v) is 11.3. The third-order valence-electron chi connectivity index (χ3n) is 3.82. The van der Waals surface area contributed by atoms with Gasteiger partial charge in [0.2, 0.25) is 5.91 Å². The average Bonchev–Trinajstić information content (AvgIpc) is 3.06. The quantitative estimate of drug-likeness (QED) is 0.622. The number of methoxy groups -OCH3 is 2. The van der Waals surface area contributed by atoms with Crippen molar-refractivity contribution in [2.24, 2.45) is 5.92 Å². The molecular formula is C15H15NO4. The Labute approximate surface area is 116 Å². The van der Waals surface area contributed by atoms with Crippen LogP contribution in [0, 0.1) is 5.92 Å². The lowest BCUT2D eigenvalue weighted by molar-refractivity contribution is -0.119. The van der Waals surface area contributed by atoms with Crippen molar-refractivity contribution in [3.63, 3.8) is 0 Å². The van der Waals surface area contributed by atoms with Crippen LogP contribution in [0.15, 0.2) is 30.4 Å². The molecule has 5 nitrogen and oxygen atoms in total. The number of benzene rings is 1. The van der Waals surface area contributed by atoms with Crippen LogP contribution in [0.5, 0.6) is 5.75 Å². The molecule has 20 heavy (non-hydrogen) atoms. The fourth-order valence-electron chi connectivity index (χ4n) is 2.82. The van der Waals surface area contributed by atoms with Gasteiger partial charge in [-0.15, -0.1) is 0 Å². The Bertz CT molecular complexity index is 608. The van der Waals surface area contributed by atoms with Crippen LogP contribution in [0.4, 0.5) is 5.69 Å². The van der Waals surface area contributed by atoms with E-state index < -0.39 is 5.97 Å². The van der Waals surface area contributed by atoms with Crippen LogP contribution in [0.1, 0.15) is 16.8 Å². The molecule has 1 aromatic rings. The van der Waals surface area contributed by atoms with E-state index in [4.69, 9.17) is 9.47 Å². The standard InChI is InChI=1S/C15H15NO4/c1-19-13-8-11(5-6-12(13)15(18)20-2)16-10-4-3-9(7-10)14(16)17/h3-6,8-10H,7H2,1-2H3/t9?,10-/m0/s1. The van der Waals surface area contributed by atoms with E-state index in [9.17, 15) is 9.59 Å². The number of hydrogen-bond acceptors (Lipinski definition) is 4. The predicted octanol–water partition coefficient (Wildman–Crippen LogP) is 1.77. The number of nitrogens with zero attached hydrogens (tertiary/aromatic N) is 1. The molecule has 0 aromatic heterocycles. The highest BCUT2D eigenvalue weighted by molar-refractivity contribution is 6.02. The highest BCUT2D eigenvalue weighted by Gasteiger charge is 2.41. The number of carbonyl (C=O) groups is 2. The molecule has 104 valence electrons. The van der Waals surface area contributed by atoms with Crippen molar-refractivity contribution >= 4 is 17.6 Å². The fraction of sp³-hybridized carbons (Fsp3) is 0.333. The largest absolute Gasteiger partial charge is 0.496 e. The Kier molecular flexibility index (Phi) is 2.97. The van der Waals surface area contributed by atoms with Gasteiger partial charge >= 0.3 is 5.97 Å². The molecule has 2 atom stereocenters. The second-order valence-electron chi connectivity index (χ2n) is 4.88. The zero-order chi connectivity index (χ0) is 14.3. The van der Waals surface area contributed by atoms with E-state index in [2.05, 4.69) is 0 Å². The van der Waals surface area contributed by atoms with E-state index >= 15 is 0 Å². The molecule has 1 heterocycles. The molecule has 2 bridgehead atoms. The van der Waals surface area contributed by atoms with Gasteiger partial charge in [-0.1, -0.05) is 12.2 Å². The van der Waals surface area contributed by atoms with Gasteiger partial charge in [-0.05, 0) is 18.6 Å². The lowest BCUT2D eigenvalue weighted by Crippen LogP contribution is -2.34. The maximum absolute atomic E-state index is 12.2. The van der Waals surface area contributed by atoms with Gasteiger partial charge in [0.1, 0.15) is 11.3 Å². The number of fused-ring (bicyclic) bond motifs is 2. The van der Waals surface area contributed by atoms with Gasteiger partial charge in [-0.25, -0.2) is 4.79 Å². The van der Waals surface area contributed by atoms with Gasteiger partial charge in [0.15, 0.2) is 0 Å². The molecule has 1 fully saturated rings. The number of esters is 1. The molecule has 1 aliphatic heterocycles. The molecule has 1 unspecified atom stereocenters. The minimum absolute atomic E-state index is 0.00808. The Morgan fingerprint density at radius 2 is 2.10 bits per heavy atom. The zero-order valence-electron chi connectivity index (χ0n) is 11.3. The third-order valence-corrected chi connectivity index (χ3v) is 3.82. The summed E-state index contributed by atoms with van der Waals surface area (Å²) in [5.74, 6) is 0.0492.